The number of thioether (sulfide) groups is 1. The van der Waals surface area contributed by atoms with Gasteiger partial charge in [0, 0.05) is 29.6 Å². The van der Waals surface area contributed by atoms with Crippen LogP contribution in [0, 0.1) is 0 Å². The summed E-state index contributed by atoms with van der Waals surface area (Å²) >= 11 is 1.66. The smallest absolute Gasteiger partial charge is 0.338 e. The van der Waals surface area contributed by atoms with Crippen LogP contribution < -0.4 is 19.5 Å². The molecule has 2 N–H and O–H groups in total. The SMILES string of the molecule is COC(=O)/C(=C\c1ccc(SC)cc1)c1ccc(OCC(O)CNCc2ccc(OC)cc2OC)cc1. The van der Waals surface area contributed by atoms with E-state index in [1.54, 1.807) is 56.3 Å². The first-order chi connectivity index (χ1) is 18.0. The lowest BCUT2D eigenvalue weighted by atomic mass is 10.0. The molecule has 1 unspecified atom stereocenters. The number of carbonyl (C=O) groups is 1. The minimum atomic E-state index is -0.710. The maximum absolute atomic E-state index is 12.4. The lowest BCUT2D eigenvalue weighted by Gasteiger charge is -2.15. The van der Waals surface area contributed by atoms with Crippen molar-refractivity contribution in [3.63, 3.8) is 0 Å². The number of esters is 1. The van der Waals surface area contributed by atoms with Gasteiger partial charge in [0.1, 0.15) is 30.0 Å². The Balaban J connectivity index is 1.55. The van der Waals surface area contributed by atoms with Crippen LogP contribution in [0.15, 0.2) is 71.6 Å². The van der Waals surface area contributed by atoms with Crippen LogP contribution in [0.5, 0.6) is 17.2 Å². The van der Waals surface area contributed by atoms with Crippen molar-refractivity contribution in [2.75, 3.05) is 40.7 Å². The van der Waals surface area contributed by atoms with Crippen molar-refractivity contribution < 1.29 is 28.8 Å². The third kappa shape index (κ3) is 8.28. The highest BCUT2D eigenvalue weighted by Crippen LogP contribution is 2.25. The summed E-state index contributed by atoms with van der Waals surface area (Å²) in [5.74, 6) is 1.61. The van der Waals surface area contributed by atoms with Crippen LogP contribution >= 0.6 is 11.8 Å². The van der Waals surface area contributed by atoms with Crippen molar-refractivity contribution in [2.24, 2.45) is 0 Å². The fourth-order valence-corrected chi connectivity index (χ4v) is 4.00. The van der Waals surface area contributed by atoms with Gasteiger partial charge in [0.2, 0.25) is 0 Å². The van der Waals surface area contributed by atoms with Gasteiger partial charge in [-0.05, 0) is 53.8 Å². The van der Waals surface area contributed by atoms with E-state index in [1.807, 2.05) is 48.7 Å². The third-order valence-corrected chi connectivity index (χ3v) is 6.37. The molecule has 0 saturated carbocycles. The van der Waals surface area contributed by atoms with Crippen LogP contribution in [0.2, 0.25) is 0 Å². The van der Waals surface area contributed by atoms with Crippen molar-refractivity contribution >= 4 is 29.4 Å². The number of ether oxygens (including phenoxy) is 4. The zero-order chi connectivity index (χ0) is 26.6. The number of carbonyl (C=O) groups excluding carboxylic acids is 1. The van der Waals surface area contributed by atoms with Gasteiger partial charge in [0.05, 0.1) is 26.9 Å². The Morgan fingerprint density at radius 1 is 0.973 bits per heavy atom. The Morgan fingerprint density at radius 2 is 1.68 bits per heavy atom. The summed E-state index contributed by atoms with van der Waals surface area (Å²) < 4.78 is 21.4. The fraction of sp³-hybridized carbons (Fsp3) is 0.276. The van der Waals surface area contributed by atoms with Crippen LogP contribution in [-0.2, 0) is 16.1 Å². The number of methoxy groups -OCH3 is 3. The zero-order valence-corrected chi connectivity index (χ0v) is 22.3. The van der Waals surface area contributed by atoms with Gasteiger partial charge >= 0.3 is 5.97 Å². The summed E-state index contributed by atoms with van der Waals surface area (Å²) in [5, 5.41) is 13.5. The van der Waals surface area contributed by atoms with E-state index in [1.165, 1.54) is 7.11 Å². The summed E-state index contributed by atoms with van der Waals surface area (Å²) in [5.41, 5.74) is 3.02. The number of benzene rings is 3. The van der Waals surface area contributed by atoms with E-state index in [-0.39, 0.29) is 6.61 Å². The minimum Gasteiger partial charge on any atom is -0.497 e. The molecule has 8 heteroatoms. The van der Waals surface area contributed by atoms with E-state index >= 15 is 0 Å². The van der Waals surface area contributed by atoms with E-state index < -0.39 is 12.1 Å². The van der Waals surface area contributed by atoms with Crippen molar-refractivity contribution in [2.45, 2.75) is 17.5 Å². The van der Waals surface area contributed by atoms with Gasteiger partial charge in [0.25, 0.3) is 0 Å². The summed E-state index contributed by atoms with van der Waals surface area (Å²) in [6.45, 7) is 0.993. The van der Waals surface area contributed by atoms with Gasteiger partial charge < -0.3 is 29.4 Å². The zero-order valence-electron chi connectivity index (χ0n) is 21.5. The highest BCUT2D eigenvalue weighted by atomic mass is 32.2. The molecule has 0 spiro atoms. The second kappa shape index (κ2) is 14.3. The molecule has 37 heavy (non-hydrogen) atoms. The Bertz CT molecular complexity index is 1180. The molecule has 3 rings (SSSR count). The van der Waals surface area contributed by atoms with Gasteiger partial charge in [-0.1, -0.05) is 30.3 Å². The van der Waals surface area contributed by atoms with Crippen LogP contribution in [0.3, 0.4) is 0 Å². The predicted molar refractivity (Wildman–Crippen MR) is 147 cm³/mol. The Kier molecular flexibility index (Phi) is 10.9. The largest absolute Gasteiger partial charge is 0.497 e. The average molecular weight is 524 g/mol. The Morgan fingerprint density at radius 3 is 2.30 bits per heavy atom. The van der Waals surface area contributed by atoms with Gasteiger partial charge in [-0.15, -0.1) is 11.8 Å². The molecule has 0 saturated heterocycles. The first-order valence-corrected chi connectivity index (χ1v) is 13.0. The third-order valence-electron chi connectivity index (χ3n) is 5.63. The molecule has 0 radical (unpaired) electrons. The molecule has 0 fully saturated rings. The van der Waals surface area contributed by atoms with Gasteiger partial charge in [-0.25, -0.2) is 4.79 Å². The average Bonchev–Trinajstić information content (AvgIpc) is 2.95. The molecule has 196 valence electrons. The molecule has 0 heterocycles. The maximum Gasteiger partial charge on any atom is 0.338 e. The highest BCUT2D eigenvalue weighted by molar-refractivity contribution is 7.98. The molecule has 1 atom stereocenters. The molecule has 3 aromatic rings. The molecule has 0 aliphatic carbocycles. The molecular formula is C29H33NO6S. The number of aliphatic hydroxyl groups excluding tert-OH is 1. The van der Waals surface area contributed by atoms with E-state index in [0.717, 1.165) is 27.5 Å². The van der Waals surface area contributed by atoms with E-state index in [4.69, 9.17) is 18.9 Å². The number of hydrogen-bond acceptors (Lipinski definition) is 8. The van der Waals surface area contributed by atoms with E-state index in [0.29, 0.717) is 30.0 Å². The van der Waals surface area contributed by atoms with E-state index in [9.17, 15) is 9.90 Å². The second-order valence-corrected chi connectivity index (χ2v) is 9.00. The standard InChI is InChI=1S/C29H33NO6S/c1-33-25-12-9-22(28(16-25)34-2)17-30-18-23(31)19-36-24-10-7-21(8-11-24)27(29(32)35-3)15-20-5-13-26(37-4)14-6-20/h5-16,23,30-31H,17-19H2,1-4H3/b27-15-. The van der Waals surface area contributed by atoms with Gasteiger partial charge in [0.15, 0.2) is 0 Å². The van der Waals surface area contributed by atoms with Crippen molar-refractivity contribution in [3.8, 4) is 17.2 Å². The Labute approximate surface area is 222 Å². The maximum atomic E-state index is 12.4. The molecule has 0 aromatic heterocycles. The van der Waals surface area contributed by atoms with Crippen LogP contribution in [-0.4, -0.2) is 57.9 Å². The highest BCUT2D eigenvalue weighted by Gasteiger charge is 2.14. The summed E-state index contributed by atoms with van der Waals surface area (Å²) in [6, 6.07) is 20.7. The molecule has 0 aliphatic heterocycles. The molecule has 0 aliphatic rings. The van der Waals surface area contributed by atoms with E-state index in [2.05, 4.69) is 5.32 Å². The quantitative estimate of drug-likeness (QED) is 0.145. The molecular weight excluding hydrogens is 490 g/mol. The van der Waals surface area contributed by atoms with Crippen molar-refractivity contribution in [1.82, 2.24) is 5.32 Å². The summed E-state index contributed by atoms with van der Waals surface area (Å²) in [6.07, 6.45) is 3.11. The summed E-state index contributed by atoms with van der Waals surface area (Å²) in [7, 11) is 4.58. The fourth-order valence-electron chi connectivity index (χ4n) is 3.59. The number of hydrogen-bond donors (Lipinski definition) is 2. The molecule has 3 aromatic carbocycles. The van der Waals surface area contributed by atoms with Crippen LogP contribution in [0.1, 0.15) is 16.7 Å². The van der Waals surface area contributed by atoms with Crippen molar-refractivity contribution in [1.29, 1.82) is 0 Å². The normalized spacial score (nSPS) is 12.1. The topological polar surface area (TPSA) is 86.3 Å². The van der Waals surface area contributed by atoms with Crippen molar-refractivity contribution in [3.05, 3.63) is 83.4 Å². The number of aliphatic hydroxyl groups is 1. The monoisotopic (exact) mass is 523 g/mol. The number of nitrogens with one attached hydrogen (secondary N) is 1. The lowest BCUT2D eigenvalue weighted by Crippen LogP contribution is -2.31. The minimum absolute atomic E-state index is 0.119. The van der Waals surface area contributed by atoms with Crippen LogP contribution in [0.4, 0.5) is 0 Å². The first-order valence-electron chi connectivity index (χ1n) is 11.7. The van der Waals surface area contributed by atoms with Crippen LogP contribution in [0.25, 0.3) is 11.6 Å². The summed E-state index contributed by atoms with van der Waals surface area (Å²) in [4.78, 5) is 13.6. The second-order valence-electron chi connectivity index (χ2n) is 8.12. The molecule has 0 amide bonds. The number of rotatable bonds is 13. The van der Waals surface area contributed by atoms with Gasteiger partial charge in [-0.2, -0.15) is 0 Å². The molecule has 7 nitrogen and oxygen atoms in total. The first kappa shape index (κ1) is 28.1. The van der Waals surface area contributed by atoms with Gasteiger partial charge in [-0.3, -0.25) is 0 Å². The predicted octanol–water partition coefficient (Wildman–Crippen LogP) is 4.67. The Hall–Kier alpha value is -3.46. The lowest BCUT2D eigenvalue weighted by molar-refractivity contribution is -0.133. The molecule has 0 bridgehead atoms.